The van der Waals surface area contributed by atoms with E-state index in [-0.39, 0.29) is 28.5 Å². The zero-order valence-corrected chi connectivity index (χ0v) is 25.4. The molecule has 39 heavy (non-hydrogen) atoms. The Morgan fingerprint density at radius 1 is 1.10 bits per heavy atom. The number of urea groups is 1. The zero-order valence-electron chi connectivity index (χ0n) is 22.3. The molecule has 1 saturated carbocycles. The number of amides is 2. The topological polar surface area (TPSA) is 103 Å². The number of halogens is 2. The van der Waals surface area contributed by atoms with Crippen LogP contribution in [-0.2, 0) is 10.0 Å². The molecule has 2 amide bonds. The minimum Gasteiger partial charge on any atom is -0.360 e. The maximum absolute atomic E-state index is 12.7. The second-order valence-electron chi connectivity index (χ2n) is 10.1. The summed E-state index contributed by atoms with van der Waals surface area (Å²) in [5.41, 5.74) is 0.725. The average Bonchev–Trinajstić information content (AvgIpc) is 3.66. The van der Waals surface area contributed by atoms with Gasteiger partial charge in [0.2, 0.25) is 10.0 Å². The highest BCUT2D eigenvalue weighted by Gasteiger charge is 2.26. The normalized spacial score (nSPS) is 14.1. The number of para-hydroxylation sites is 1. The summed E-state index contributed by atoms with van der Waals surface area (Å²) in [4.78, 5) is 14.8. The Labute approximate surface area is 247 Å². The minimum atomic E-state index is -3.75. The fourth-order valence-electron chi connectivity index (χ4n) is 4.06. The summed E-state index contributed by atoms with van der Waals surface area (Å²) in [6.07, 6.45) is 4.27. The summed E-state index contributed by atoms with van der Waals surface area (Å²) in [7, 11) is -3.75. The maximum Gasteiger partial charge on any atom is 0.319 e. The maximum atomic E-state index is 12.7. The van der Waals surface area contributed by atoms with Crippen LogP contribution in [0.3, 0.4) is 0 Å². The lowest BCUT2D eigenvalue weighted by Crippen LogP contribution is -2.50. The lowest BCUT2D eigenvalue weighted by molar-refractivity contribution is 0.240. The summed E-state index contributed by atoms with van der Waals surface area (Å²) < 4.78 is 27.9. The molecule has 0 heterocycles. The fraction of sp³-hybridized carbons (Fsp3) is 0.481. The monoisotopic (exact) mass is 613 g/mol. The second kappa shape index (κ2) is 15.0. The van der Waals surface area contributed by atoms with E-state index in [1.54, 1.807) is 0 Å². The van der Waals surface area contributed by atoms with Gasteiger partial charge in [-0.1, -0.05) is 55.2 Å². The minimum absolute atomic E-state index is 0.00128. The number of anilines is 1. The van der Waals surface area contributed by atoms with E-state index in [0.717, 1.165) is 24.9 Å². The van der Waals surface area contributed by atoms with Crippen LogP contribution in [0.1, 0.15) is 46.0 Å². The van der Waals surface area contributed by atoms with Crippen molar-refractivity contribution in [2.24, 2.45) is 5.92 Å². The number of benzene rings is 2. The van der Waals surface area contributed by atoms with E-state index >= 15 is 0 Å². The zero-order chi connectivity index (χ0) is 28.4. The van der Waals surface area contributed by atoms with Crippen LogP contribution in [0.2, 0.25) is 10.0 Å². The van der Waals surface area contributed by atoms with Crippen LogP contribution < -0.4 is 20.7 Å². The second-order valence-corrected chi connectivity index (χ2v) is 13.1. The Morgan fingerprint density at radius 2 is 1.82 bits per heavy atom. The van der Waals surface area contributed by atoms with E-state index < -0.39 is 10.0 Å². The number of hydrogen-bond donors (Lipinski definition) is 4. The number of nitrogens with one attached hydrogen (secondary N) is 4. The molecule has 12 heteroatoms. The molecule has 214 valence electrons. The van der Waals surface area contributed by atoms with Crippen molar-refractivity contribution in [3.05, 3.63) is 58.6 Å². The molecule has 1 aliphatic rings. The molecule has 1 fully saturated rings. The van der Waals surface area contributed by atoms with Gasteiger partial charge in [-0.3, -0.25) is 0 Å². The van der Waals surface area contributed by atoms with Gasteiger partial charge in [-0.25, -0.2) is 17.9 Å². The van der Waals surface area contributed by atoms with Crippen LogP contribution in [-0.4, -0.2) is 56.2 Å². The molecule has 1 atom stereocenters. The molecule has 8 nitrogen and oxygen atoms in total. The number of rotatable bonds is 14. The van der Waals surface area contributed by atoms with Gasteiger partial charge in [-0.2, -0.15) is 0 Å². The van der Waals surface area contributed by atoms with Crippen molar-refractivity contribution in [2.75, 3.05) is 25.0 Å². The number of hydrogen-bond acceptors (Lipinski definition) is 4. The average molecular weight is 615 g/mol. The molecule has 1 aliphatic carbocycles. The molecular weight excluding hydrogens is 577 g/mol. The van der Waals surface area contributed by atoms with Gasteiger partial charge in [0.05, 0.1) is 5.02 Å². The molecule has 2 aromatic carbocycles. The number of unbranched alkanes of at least 4 members (excludes halogenated alkanes) is 1. The summed E-state index contributed by atoms with van der Waals surface area (Å²) in [5.74, 6) is 0.368. The summed E-state index contributed by atoms with van der Waals surface area (Å²) in [5, 5.41) is 10.5. The van der Waals surface area contributed by atoms with Crippen molar-refractivity contribution in [3.8, 4) is 0 Å². The molecule has 0 spiro atoms. The van der Waals surface area contributed by atoms with E-state index in [1.165, 1.54) is 18.2 Å². The molecule has 0 unspecified atom stereocenters. The molecule has 0 radical (unpaired) electrons. The Balaban J connectivity index is 1.56. The highest BCUT2D eigenvalue weighted by Crippen LogP contribution is 2.25. The smallest absolute Gasteiger partial charge is 0.319 e. The third-order valence-corrected chi connectivity index (χ3v) is 8.64. The number of sulfonamides is 1. The van der Waals surface area contributed by atoms with Crippen LogP contribution >= 0.6 is 35.4 Å². The van der Waals surface area contributed by atoms with Gasteiger partial charge in [0.15, 0.2) is 5.11 Å². The van der Waals surface area contributed by atoms with Gasteiger partial charge in [0.1, 0.15) is 4.90 Å². The lowest BCUT2D eigenvalue weighted by Gasteiger charge is -2.31. The number of nitrogens with zero attached hydrogens (tertiary/aromatic N) is 1. The van der Waals surface area contributed by atoms with Crippen LogP contribution in [0.5, 0.6) is 0 Å². The highest BCUT2D eigenvalue weighted by molar-refractivity contribution is 7.89. The van der Waals surface area contributed by atoms with Crippen molar-refractivity contribution in [3.63, 3.8) is 0 Å². The number of carbonyl (C=O) groups excluding carboxylic acids is 1. The van der Waals surface area contributed by atoms with Gasteiger partial charge < -0.3 is 20.9 Å². The molecule has 0 bridgehead atoms. The Kier molecular flexibility index (Phi) is 12.1. The SMILES string of the molecule is CC(C)C[C@H](CN(CCCCNS(=O)(=O)c1ccc(Cl)cc1Cl)C(=S)NC1CC1)NC(=O)Nc1ccccc1. The first kappa shape index (κ1) is 31.4. The van der Waals surface area contributed by atoms with Crippen molar-refractivity contribution >= 4 is 62.3 Å². The van der Waals surface area contributed by atoms with E-state index in [2.05, 4.69) is 39.4 Å². The molecule has 0 aliphatic heterocycles. The third-order valence-electron chi connectivity index (χ3n) is 6.09. The van der Waals surface area contributed by atoms with Crippen molar-refractivity contribution < 1.29 is 13.2 Å². The first-order valence-electron chi connectivity index (χ1n) is 13.2. The van der Waals surface area contributed by atoms with Crippen LogP contribution in [0.15, 0.2) is 53.4 Å². The van der Waals surface area contributed by atoms with Gasteiger partial charge in [0.25, 0.3) is 0 Å². The van der Waals surface area contributed by atoms with Crippen LogP contribution in [0.25, 0.3) is 0 Å². The molecule has 3 rings (SSSR count). The Hall–Kier alpha value is -2.11. The van der Waals surface area contributed by atoms with Gasteiger partial charge in [-0.15, -0.1) is 0 Å². The fourth-order valence-corrected chi connectivity index (χ4v) is 6.24. The van der Waals surface area contributed by atoms with Gasteiger partial charge in [0, 0.05) is 42.4 Å². The summed E-state index contributed by atoms with van der Waals surface area (Å²) in [6.45, 7) is 5.66. The van der Waals surface area contributed by atoms with Crippen molar-refractivity contribution in [1.82, 2.24) is 20.3 Å². The molecule has 4 N–H and O–H groups in total. The van der Waals surface area contributed by atoms with E-state index in [0.29, 0.717) is 48.0 Å². The molecule has 2 aromatic rings. The van der Waals surface area contributed by atoms with Crippen molar-refractivity contribution in [1.29, 1.82) is 0 Å². The first-order chi connectivity index (χ1) is 18.5. The van der Waals surface area contributed by atoms with E-state index in [9.17, 15) is 13.2 Å². The summed E-state index contributed by atoms with van der Waals surface area (Å²) in [6, 6.07) is 13.6. The Morgan fingerprint density at radius 3 is 2.46 bits per heavy atom. The predicted molar refractivity (Wildman–Crippen MR) is 163 cm³/mol. The van der Waals surface area contributed by atoms with E-state index in [1.807, 2.05) is 30.3 Å². The first-order valence-corrected chi connectivity index (χ1v) is 15.8. The summed E-state index contributed by atoms with van der Waals surface area (Å²) >= 11 is 17.7. The van der Waals surface area contributed by atoms with Crippen molar-refractivity contribution in [2.45, 2.75) is 62.9 Å². The quantitative estimate of drug-likeness (QED) is 0.163. The molecule has 0 saturated heterocycles. The Bertz CT molecular complexity index is 1210. The third kappa shape index (κ3) is 11.1. The molecule has 0 aromatic heterocycles. The lowest BCUT2D eigenvalue weighted by atomic mass is 10.0. The standard InChI is InChI=1S/C27H37Cl2N5O3S2/c1-19(2)16-23(32-26(35)31-21-8-4-3-5-9-21)18-34(27(38)33-22-11-12-22)15-7-6-14-30-39(36,37)25-13-10-20(28)17-24(25)29/h3-5,8-10,13,17,19,22-23,30H,6-7,11-12,14-16,18H2,1-2H3,(H,33,38)(H2,31,32,35)/t23-/m1/s1. The van der Waals surface area contributed by atoms with Crippen LogP contribution in [0.4, 0.5) is 10.5 Å². The number of thiocarbonyl (C=S) groups is 1. The van der Waals surface area contributed by atoms with Crippen LogP contribution in [0, 0.1) is 5.92 Å². The predicted octanol–water partition coefficient (Wildman–Crippen LogP) is 5.63. The highest BCUT2D eigenvalue weighted by atomic mass is 35.5. The van der Waals surface area contributed by atoms with E-state index in [4.69, 9.17) is 35.4 Å². The van der Waals surface area contributed by atoms with Gasteiger partial charge >= 0.3 is 6.03 Å². The largest absolute Gasteiger partial charge is 0.360 e. The molecular formula is C27H37Cl2N5O3S2. The van der Waals surface area contributed by atoms with Gasteiger partial charge in [-0.05, 0) is 80.6 Å². The number of carbonyl (C=O) groups is 1.